The van der Waals surface area contributed by atoms with Crippen molar-refractivity contribution in [2.75, 3.05) is 33.5 Å². The van der Waals surface area contributed by atoms with Crippen LogP contribution < -0.4 is 15.4 Å². The van der Waals surface area contributed by atoms with Crippen molar-refractivity contribution in [3.63, 3.8) is 0 Å². The van der Waals surface area contributed by atoms with Gasteiger partial charge in [0, 0.05) is 45.3 Å². The molecule has 1 unspecified atom stereocenters. The molecule has 0 aromatic heterocycles. The first-order valence-electron chi connectivity index (χ1n) is 16.5. The van der Waals surface area contributed by atoms with Crippen LogP contribution in [-0.2, 0) is 25.4 Å². The number of carbonyl (C=O) groups is 2. The molecule has 3 N–H and O–H groups in total. The van der Waals surface area contributed by atoms with Crippen LogP contribution in [0.4, 0.5) is 4.79 Å². The zero-order chi connectivity index (χ0) is 32.9. The highest BCUT2D eigenvalue weighted by Crippen LogP contribution is 2.29. The number of ether oxygens (including phenoxy) is 4. The van der Waals surface area contributed by atoms with Crippen LogP contribution in [0, 0.1) is 30.6 Å². The zero-order valence-corrected chi connectivity index (χ0v) is 28.7. The number of aryl methyl sites for hydroxylation is 1. The van der Waals surface area contributed by atoms with Crippen LogP contribution in [0.15, 0.2) is 18.2 Å². The van der Waals surface area contributed by atoms with Gasteiger partial charge < -0.3 is 34.7 Å². The molecule has 1 heterocycles. The van der Waals surface area contributed by atoms with Gasteiger partial charge in [-0.25, -0.2) is 4.79 Å². The molecule has 1 saturated heterocycles. The van der Waals surface area contributed by atoms with Crippen molar-refractivity contribution in [2.24, 2.45) is 23.7 Å². The molecule has 0 saturated carbocycles. The molecule has 1 aliphatic rings. The van der Waals surface area contributed by atoms with E-state index in [4.69, 9.17) is 18.9 Å². The van der Waals surface area contributed by atoms with Gasteiger partial charge in [0.05, 0.1) is 18.8 Å². The molecule has 0 radical (unpaired) electrons. The predicted octanol–water partition coefficient (Wildman–Crippen LogP) is 5.83. The molecule has 4 atom stereocenters. The van der Waals surface area contributed by atoms with E-state index in [1.165, 1.54) is 0 Å². The Balaban J connectivity index is 2.23. The number of amides is 2. The molecule has 2 rings (SSSR count). The van der Waals surface area contributed by atoms with E-state index >= 15 is 0 Å². The lowest BCUT2D eigenvalue weighted by atomic mass is 9.80. The van der Waals surface area contributed by atoms with Gasteiger partial charge in [0.1, 0.15) is 11.4 Å². The van der Waals surface area contributed by atoms with Crippen molar-refractivity contribution < 1.29 is 33.6 Å². The molecule has 9 heteroatoms. The molecule has 1 aromatic carbocycles. The smallest absolute Gasteiger partial charge is 0.407 e. The summed E-state index contributed by atoms with van der Waals surface area (Å²) in [7, 11) is 1.69. The van der Waals surface area contributed by atoms with Gasteiger partial charge in [-0.05, 0) is 94.7 Å². The average molecular weight is 621 g/mol. The SMILES string of the molecule is COCCCOc1cc(CC(C[C@H](NC(=O)OC(C)(C)C)[C@@H](O)C[C@H](C(=O)NC2CCOCC2)C(C)C)C(C)C)ccc1C. The van der Waals surface area contributed by atoms with E-state index in [-0.39, 0.29) is 36.1 Å². The molecule has 2 amide bonds. The highest BCUT2D eigenvalue weighted by molar-refractivity contribution is 5.79. The second-order valence-corrected chi connectivity index (χ2v) is 14.0. The second kappa shape index (κ2) is 18.6. The number of benzene rings is 1. The summed E-state index contributed by atoms with van der Waals surface area (Å²) in [5.74, 6) is 0.836. The summed E-state index contributed by atoms with van der Waals surface area (Å²) >= 11 is 0. The summed E-state index contributed by atoms with van der Waals surface area (Å²) in [5, 5.41) is 17.8. The lowest BCUT2D eigenvalue weighted by Crippen LogP contribution is -2.49. The lowest BCUT2D eigenvalue weighted by Gasteiger charge is -2.34. The molecular weight excluding hydrogens is 560 g/mol. The van der Waals surface area contributed by atoms with E-state index < -0.39 is 29.8 Å². The Morgan fingerprint density at radius 3 is 2.32 bits per heavy atom. The Morgan fingerprint density at radius 1 is 1.05 bits per heavy atom. The molecule has 252 valence electrons. The molecule has 0 bridgehead atoms. The molecule has 9 nitrogen and oxygen atoms in total. The predicted molar refractivity (Wildman–Crippen MR) is 174 cm³/mol. The van der Waals surface area contributed by atoms with E-state index in [9.17, 15) is 14.7 Å². The second-order valence-electron chi connectivity index (χ2n) is 14.0. The van der Waals surface area contributed by atoms with Crippen LogP contribution in [0.1, 0.15) is 91.7 Å². The third-order valence-corrected chi connectivity index (χ3v) is 8.37. The Kier molecular flexibility index (Phi) is 16.0. The first-order chi connectivity index (χ1) is 20.7. The van der Waals surface area contributed by atoms with E-state index in [0.717, 1.165) is 42.6 Å². The molecule has 1 aliphatic heterocycles. The molecule has 1 fully saturated rings. The van der Waals surface area contributed by atoms with Gasteiger partial charge in [-0.15, -0.1) is 0 Å². The van der Waals surface area contributed by atoms with Crippen LogP contribution in [0.2, 0.25) is 0 Å². The maximum atomic E-state index is 13.4. The van der Waals surface area contributed by atoms with Crippen molar-refractivity contribution in [3.8, 4) is 5.75 Å². The standard InChI is InChI=1S/C35H60N2O7/c1-23(2)27(19-26-12-11-25(5)32(20-26)43-16-10-15-41-9)21-30(37-34(40)44-35(6,7)8)31(38)22-29(24(3)4)33(39)36-28-13-17-42-18-14-28/h11-12,20,23-24,27-31,38H,10,13-19,21-22H2,1-9H3,(H,36,39)(H,37,40)/t27?,29-,30-,31-/m0/s1. The third kappa shape index (κ3) is 13.7. The zero-order valence-electron chi connectivity index (χ0n) is 28.7. The Labute approximate surface area is 266 Å². The van der Waals surface area contributed by atoms with Gasteiger partial charge in [-0.3, -0.25) is 4.79 Å². The van der Waals surface area contributed by atoms with Crippen LogP contribution in [0.25, 0.3) is 0 Å². The minimum Gasteiger partial charge on any atom is -0.493 e. The number of aliphatic hydroxyl groups excluding tert-OH is 1. The quantitative estimate of drug-likeness (QED) is 0.188. The molecule has 44 heavy (non-hydrogen) atoms. The number of hydrogen-bond acceptors (Lipinski definition) is 7. The van der Waals surface area contributed by atoms with Crippen LogP contribution in [0.5, 0.6) is 5.75 Å². The van der Waals surface area contributed by atoms with Gasteiger partial charge >= 0.3 is 6.09 Å². The first kappa shape index (κ1) is 37.8. The van der Waals surface area contributed by atoms with Crippen molar-refractivity contribution in [1.82, 2.24) is 10.6 Å². The summed E-state index contributed by atoms with van der Waals surface area (Å²) in [6, 6.07) is 5.78. The summed E-state index contributed by atoms with van der Waals surface area (Å²) in [5.41, 5.74) is 1.53. The van der Waals surface area contributed by atoms with Crippen molar-refractivity contribution in [3.05, 3.63) is 29.3 Å². The fourth-order valence-corrected chi connectivity index (χ4v) is 5.56. The van der Waals surface area contributed by atoms with Gasteiger partial charge in [-0.2, -0.15) is 0 Å². The van der Waals surface area contributed by atoms with Crippen LogP contribution in [0.3, 0.4) is 0 Å². The number of carbonyl (C=O) groups excluding carboxylic acids is 2. The highest BCUT2D eigenvalue weighted by Gasteiger charge is 2.34. The minimum atomic E-state index is -0.936. The summed E-state index contributed by atoms with van der Waals surface area (Å²) in [4.78, 5) is 26.3. The van der Waals surface area contributed by atoms with Crippen molar-refractivity contribution in [2.45, 2.75) is 118 Å². The van der Waals surface area contributed by atoms with Gasteiger partial charge in [-0.1, -0.05) is 39.8 Å². The normalized spacial score (nSPS) is 17.2. The molecule has 1 aromatic rings. The molecule has 0 aliphatic carbocycles. The van der Waals surface area contributed by atoms with Crippen LogP contribution >= 0.6 is 0 Å². The van der Waals surface area contributed by atoms with E-state index in [2.05, 4.69) is 42.7 Å². The van der Waals surface area contributed by atoms with Crippen molar-refractivity contribution in [1.29, 1.82) is 0 Å². The summed E-state index contributed by atoms with van der Waals surface area (Å²) in [6.45, 7) is 18.3. The third-order valence-electron chi connectivity index (χ3n) is 8.37. The maximum Gasteiger partial charge on any atom is 0.407 e. The van der Waals surface area contributed by atoms with Gasteiger partial charge in [0.2, 0.25) is 5.91 Å². The topological polar surface area (TPSA) is 115 Å². The number of alkyl carbamates (subject to hydrolysis) is 1. The fourth-order valence-electron chi connectivity index (χ4n) is 5.56. The Bertz CT molecular complexity index is 1000. The number of hydrogen-bond donors (Lipinski definition) is 3. The van der Waals surface area contributed by atoms with E-state index in [1.807, 2.05) is 41.5 Å². The van der Waals surface area contributed by atoms with Crippen LogP contribution in [-0.4, -0.2) is 74.4 Å². The molecular formula is C35H60N2O7. The Morgan fingerprint density at radius 2 is 1.73 bits per heavy atom. The average Bonchev–Trinajstić information content (AvgIpc) is 2.93. The number of rotatable bonds is 17. The number of nitrogens with one attached hydrogen (secondary N) is 2. The lowest BCUT2D eigenvalue weighted by molar-refractivity contribution is -0.129. The summed E-state index contributed by atoms with van der Waals surface area (Å²) < 4.78 is 22.2. The maximum absolute atomic E-state index is 13.4. The number of aliphatic hydroxyl groups is 1. The molecule has 0 spiro atoms. The summed E-state index contributed by atoms with van der Waals surface area (Å²) in [6.07, 6.45) is 2.41. The number of methoxy groups -OCH3 is 1. The minimum absolute atomic E-state index is 0.0161. The highest BCUT2D eigenvalue weighted by atomic mass is 16.6. The fraction of sp³-hybridized carbons (Fsp3) is 0.771. The van der Waals surface area contributed by atoms with Gasteiger partial charge in [0.25, 0.3) is 0 Å². The Hall–Kier alpha value is -2.36. The largest absolute Gasteiger partial charge is 0.493 e. The first-order valence-corrected chi connectivity index (χ1v) is 16.5. The monoisotopic (exact) mass is 620 g/mol. The van der Waals surface area contributed by atoms with Crippen molar-refractivity contribution >= 4 is 12.0 Å². The van der Waals surface area contributed by atoms with E-state index in [0.29, 0.717) is 32.8 Å². The van der Waals surface area contributed by atoms with Gasteiger partial charge in [0.15, 0.2) is 0 Å². The van der Waals surface area contributed by atoms with E-state index in [1.54, 1.807) is 7.11 Å².